The van der Waals surface area contributed by atoms with Crippen LogP contribution in [0.2, 0.25) is 0 Å². The smallest absolute Gasteiger partial charge is 0.230 e. The molecule has 0 bridgehead atoms. The lowest BCUT2D eigenvalue weighted by Gasteiger charge is -2.36. The number of carbonyl (C=O) groups is 1. The minimum Gasteiger partial charge on any atom is -0.497 e. The predicted octanol–water partition coefficient (Wildman–Crippen LogP) is 3.58. The van der Waals surface area contributed by atoms with Crippen LogP contribution < -0.4 is 4.74 Å². The van der Waals surface area contributed by atoms with Crippen molar-refractivity contribution in [2.24, 2.45) is 5.92 Å². The maximum atomic E-state index is 13.2. The highest BCUT2D eigenvalue weighted by Crippen LogP contribution is 2.43. The summed E-state index contributed by atoms with van der Waals surface area (Å²) in [6.07, 6.45) is 3.39. The monoisotopic (exact) mass is 378 g/mol. The minimum absolute atomic E-state index is 0.0598. The summed E-state index contributed by atoms with van der Waals surface area (Å²) in [4.78, 5) is 17.8. The van der Waals surface area contributed by atoms with Crippen LogP contribution in [-0.2, 0) is 11.2 Å². The molecule has 1 atom stereocenters. The molecular weight excluding hydrogens is 348 g/mol. The molecule has 2 aliphatic rings. The van der Waals surface area contributed by atoms with Gasteiger partial charge in [0, 0.05) is 32.7 Å². The number of piperazine rings is 1. The van der Waals surface area contributed by atoms with E-state index in [-0.39, 0.29) is 5.92 Å². The second-order valence-corrected chi connectivity index (χ2v) is 7.99. The van der Waals surface area contributed by atoms with Gasteiger partial charge in [-0.05, 0) is 48.4 Å². The van der Waals surface area contributed by atoms with Crippen LogP contribution in [0.25, 0.3) is 0 Å². The van der Waals surface area contributed by atoms with Gasteiger partial charge in [-0.2, -0.15) is 0 Å². The van der Waals surface area contributed by atoms with E-state index in [9.17, 15) is 4.79 Å². The first-order valence-corrected chi connectivity index (χ1v) is 10.4. The van der Waals surface area contributed by atoms with Gasteiger partial charge in [0.1, 0.15) is 5.75 Å². The standard InChI is InChI=1S/C24H30N2O2/c1-28-22-9-5-6-19(18-22)12-13-25-14-16-26(17-15-25)24(27)23(21-10-11-21)20-7-3-2-4-8-20/h2-9,18,21,23H,10-17H2,1H3. The topological polar surface area (TPSA) is 32.8 Å². The van der Waals surface area contributed by atoms with Crippen molar-refractivity contribution in [3.05, 3.63) is 65.7 Å². The third-order valence-corrected chi connectivity index (χ3v) is 6.05. The van der Waals surface area contributed by atoms with Crippen molar-refractivity contribution in [1.29, 1.82) is 0 Å². The fourth-order valence-electron chi connectivity index (χ4n) is 4.21. The summed E-state index contributed by atoms with van der Waals surface area (Å²) in [5.41, 5.74) is 2.49. The van der Waals surface area contributed by atoms with E-state index in [2.05, 4.69) is 46.2 Å². The Morgan fingerprint density at radius 3 is 2.46 bits per heavy atom. The maximum Gasteiger partial charge on any atom is 0.230 e. The first-order chi connectivity index (χ1) is 13.7. The number of hydrogen-bond donors (Lipinski definition) is 0. The highest BCUT2D eigenvalue weighted by molar-refractivity contribution is 5.84. The van der Waals surface area contributed by atoms with E-state index in [0.29, 0.717) is 11.8 Å². The lowest BCUT2D eigenvalue weighted by molar-refractivity contribution is -0.135. The van der Waals surface area contributed by atoms with E-state index in [1.165, 1.54) is 24.0 Å². The van der Waals surface area contributed by atoms with Gasteiger partial charge in [0.05, 0.1) is 13.0 Å². The molecule has 0 N–H and O–H groups in total. The van der Waals surface area contributed by atoms with E-state index < -0.39 is 0 Å². The van der Waals surface area contributed by atoms with Crippen molar-refractivity contribution in [3.8, 4) is 5.75 Å². The van der Waals surface area contributed by atoms with Crippen molar-refractivity contribution in [3.63, 3.8) is 0 Å². The number of nitrogens with zero attached hydrogens (tertiary/aromatic N) is 2. The van der Waals surface area contributed by atoms with Crippen LogP contribution in [0.5, 0.6) is 5.75 Å². The molecule has 1 saturated heterocycles. The molecule has 2 fully saturated rings. The van der Waals surface area contributed by atoms with Gasteiger partial charge >= 0.3 is 0 Å². The Bertz CT molecular complexity index is 780. The first kappa shape index (κ1) is 19.0. The Kier molecular flexibility index (Phi) is 5.96. The fourth-order valence-corrected chi connectivity index (χ4v) is 4.21. The summed E-state index contributed by atoms with van der Waals surface area (Å²) in [6, 6.07) is 18.7. The Hall–Kier alpha value is -2.33. The average molecular weight is 379 g/mol. The third-order valence-electron chi connectivity index (χ3n) is 6.05. The minimum atomic E-state index is 0.0598. The summed E-state index contributed by atoms with van der Waals surface area (Å²) in [6.45, 7) is 4.63. The number of rotatable bonds is 7. The zero-order valence-electron chi connectivity index (χ0n) is 16.7. The SMILES string of the molecule is COc1cccc(CCN2CCN(C(=O)C(c3ccccc3)C3CC3)CC2)c1. The number of ether oxygens (including phenoxy) is 1. The molecule has 1 aliphatic carbocycles. The van der Waals surface area contributed by atoms with Crippen LogP contribution in [0, 0.1) is 5.92 Å². The van der Waals surface area contributed by atoms with Crippen LogP contribution >= 0.6 is 0 Å². The van der Waals surface area contributed by atoms with Crippen LogP contribution in [0.15, 0.2) is 54.6 Å². The molecule has 0 radical (unpaired) electrons. The quantitative estimate of drug-likeness (QED) is 0.738. The average Bonchev–Trinajstić information content (AvgIpc) is 3.59. The van der Waals surface area contributed by atoms with E-state index >= 15 is 0 Å². The maximum absolute atomic E-state index is 13.2. The molecule has 1 saturated carbocycles. The largest absolute Gasteiger partial charge is 0.497 e. The fraction of sp³-hybridized carbons (Fsp3) is 0.458. The molecule has 2 aromatic carbocycles. The van der Waals surface area contributed by atoms with Gasteiger partial charge in [0.2, 0.25) is 5.91 Å². The molecule has 1 unspecified atom stereocenters. The molecule has 2 aromatic rings. The normalized spacial score (nSPS) is 18.7. The van der Waals surface area contributed by atoms with Crippen molar-refractivity contribution in [2.75, 3.05) is 39.8 Å². The molecule has 1 aliphatic heterocycles. The van der Waals surface area contributed by atoms with Crippen molar-refractivity contribution >= 4 is 5.91 Å². The first-order valence-electron chi connectivity index (χ1n) is 10.4. The Morgan fingerprint density at radius 2 is 1.79 bits per heavy atom. The highest BCUT2D eigenvalue weighted by atomic mass is 16.5. The summed E-state index contributed by atoms with van der Waals surface area (Å²) in [5.74, 6) is 1.85. The van der Waals surface area contributed by atoms with Gasteiger partial charge in [0.15, 0.2) is 0 Å². The third kappa shape index (κ3) is 4.56. The lowest BCUT2D eigenvalue weighted by Crippen LogP contribution is -2.50. The molecule has 0 spiro atoms. The molecule has 1 amide bonds. The number of hydrogen-bond acceptors (Lipinski definition) is 3. The summed E-state index contributed by atoms with van der Waals surface area (Å²) >= 11 is 0. The molecule has 148 valence electrons. The number of carbonyl (C=O) groups excluding carboxylic acids is 1. The van der Waals surface area contributed by atoms with Crippen molar-refractivity contribution < 1.29 is 9.53 Å². The summed E-state index contributed by atoms with van der Waals surface area (Å²) < 4.78 is 5.31. The van der Waals surface area contributed by atoms with Gasteiger partial charge in [-0.15, -0.1) is 0 Å². The van der Waals surface area contributed by atoms with Crippen LogP contribution in [0.4, 0.5) is 0 Å². The van der Waals surface area contributed by atoms with Gasteiger partial charge in [0.25, 0.3) is 0 Å². The molecule has 4 rings (SSSR count). The molecule has 1 heterocycles. The zero-order valence-corrected chi connectivity index (χ0v) is 16.7. The second kappa shape index (κ2) is 8.78. The number of methoxy groups -OCH3 is 1. The van der Waals surface area contributed by atoms with E-state index in [0.717, 1.165) is 44.9 Å². The van der Waals surface area contributed by atoms with Crippen LogP contribution in [0.1, 0.15) is 29.9 Å². The summed E-state index contributed by atoms with van der Waals surface area (Å²) in [7, 11) is 1.71. The van der Waals surface area contributed by atoms with E-state index in [4.69, 9.17) is 4.74 Å². The van der Waals surface area contributed by atoms with Crippen molar-refractivity contribution in [2.45, 2.75) is 25.2 Å². The number of amides is 1. The Balaban J connectivity index is 1.30. The van der Waals surface area contributed by atoms with Gasteiger partial charge < -0.3 is 9.64 Å². The molecular formula is C24H30N2O2. The van der Waals surface area contributed by atoms with Gasteiger partial charge in [-0.3, -0.25) is 9.69 Å². The van der Waals surface area contributed by atoms with Gasteiger partial charge in [-0.25, -0.2) is 0 Å². The van der Waals surface area contributed by atoms with Crippen LogP contribution in [0.3, 0.4) is 0 Å². The van der Waals surface area contributed by atoms with Crippen LogP contribution in [-0.4, -0.2) is 55.5 Å². The highest BCUT2D eigenvalue weighted by Gasteiger charge is 2.39. The molecule has 0 aromatic heterocycles. The number of benzene rings is 2. The Labute approximate surface area is 168 Å². The predicted molar refractivity (Wildman–Crippen MR) is 112 cm³/mol. The second-order valence-electron chi connectivity index (χ2n) is 7.99. The molecule has 28 heavy (non-hydrogen) atoms. The lowest BCUT2D eigenvalue weighted by atomic mass is 9.92. The summed E-state index contributed by atoms with van der Waals surface area (Å²) in [5, 5.41) is 0. The van der Waals surface area contributed by atoms with E-state index in [1.54, 1.807) is 7.11 Å². The molecule has 4 nitrogen and oxygen atoms in total. The molecule has 4 heteroatoms. The Morgan fingerprint density at radius 1 is 1.04 bits per heavy atom. The van der Waals surface area contributed by atoms with Crippen molar-refractivity contribution in [1.82, 2.24) is 9.80 Å². The zero-order chi connectivity index (χ0) is 19.3. The van der Waals surface area contributed by atoms with Gasteiger partial charge in [-0.1, -0.05) is 42.5 Å². The van der Waals surface area contributed by atoms with E-state index in [1.807, 2.05) is 18.2 Å².